The summed E-state index contributed by atoms with van der Waals surface area (Å²) < 4.78 is 60.0. The Hall–Kier alpha value is -0.810. The molecule has 0 aliphatic rings. The Balaban J connectivity index is 3.04. The van der Waals surface area contributed by atoms with Crippen molar-refractivity contribution in [3.05, 3.63) is 0 Å². The third-order valence-corrected chi connectivity index (χ3v) is 5.34. The topological polar surface area (TPSA) is 131 Å². The SMILES string of the molecule is CC(=O)CCCOCCOCCOCCOCCOCCOCCOCCOCCOCCOCCOCCNC(C)C. The highest BCUT2D eigenvalue weighted by Crippen LogP contribution is 1.92. The lowest BCUT2D eigenvalue weighted by Crippen LogP contribution is -2.27. The molecule has 0 atom stereocenters. The van der Waals surface area contributed by atoms with Gasteiger partial charge in [0, 0.05) is 25.6 Å². The van der Waals surface area contributed by atoms with Gasteiger partial charge in [-0.3, -0.25) is 0 Å². The van der Waals surface area contributed by atoms with Crippen LogP contribution in [0.15, 0.2) is 0 Å². The number of carbonyl (C=O) groups excluding carboxylic acids is 1. The van der Waals surface area contributed by atoms with Gasteiger partial charge in [-0.05, 0) is 13.3 Å². The van der Waals surface area contributed by atoms with Gasteiger partial charge in [0.05, 0.1) is 139 Å². The second kappa shape index (κ2) is 37.4. The van der Waals surface area contributed by atoms with Gasteiger partial charge >= 0.3 is 0 Å². The number of carbonyl (C=O) groups is 1. The summed E-state index contributed by atoms with van der Waals surface area (Å²) in [7, 11) is 0. The standard InChI is InChI=1S/C30H61NO12/c1-29(2)31-6-8-34-10-12-36-14-16-38-18-20-40-22-24-42-26-28-43-27-25-41-23-21-39-19-17-37-15-13-35-11-9-33-7-4-5-30(3)32/h29,31H,4-28H2,1-3H3. The van der Waals surface area contributed by atoms with Crippen LogP contribution in [0.3, 0.4) is 0 Å². The van der Waals surface area contributed by atoms with E-state index in [0.717, 1.165) is 13.0 Å². The van der Waals surface area contributed by atoms with Gasteiger partial charge in [-0.1, -0.05) is 13.8 Å². The highest BCUT2D eigenvalue weighted by Gasteiger charge is 1.97. The summed E-state index contributed by atoms with van der Waals surface area (Å²) >= 11 is 0. The second-order valence-electron chi connectivity index (χ2n) is 9.65. The minimum atomic E-state index is 0.190. The largest absolute Gasteiger partial charge is 0.379 e. The summed E-state index contributed by atoms with van der Waals surface area (Å²) in [6.45, 7) is 18.4. The van der Waals surface area contributed by atoms with Gasteiger partial charge in [0.2, 0.25) is 0 Å². The smallest absolute Gasteiger partial charge is 0.129 e. The van der Waals surface area contributed by atoms with Crippen LogP contribution < -0.4 is 5.32 Å². The van der Waals surface area contributed by atoms with Crippen LogP contribution in [-0.2, 0) is 56.9 Å². The Labute approximate surface area is 259 Å². The molecule has 0 aliphatic heterocycles. The van der Waals surface area contributed by atoms with Gasteiger partial charge in [-0.25, -0.2) is 0 Å². The lowest BCUT2D eigenvalue weighted by molar-refractivity contribution is -0.117. The number of hydrogen-bond donors (Lipinski definition) is 1. The molecule has 13 nitrogen and oxygen atoms in total. The molecule has 0 amide bonds. The van der Waals surface area contributed by atoms with Gasteiger partial charge in [0.15, 0.2) is 0 Å². The van der Waals surface area contributed by atoms with E-state index < -0.39 is 0 Å². The molecular formula is C30H61NO12. The average Bonchev–Trinajstić information content (AvgIpc) is 2.98. The summed E-state index contributed by atoms with van der Waals surface area (Å²) in [5.41, 5.74) is 0. The van der Waals surface area contributed by atoms with E-state index in [0.29, 0.717) is 158 Å². The fourth-order valence-electron chi connectivity index (χ4n) is 3.14. The molecule has 0 radical (unpaired) electrons. The van der Waals surface area contributed by atoms with E-state index in [-0.39, 0.29) is 5.78 Å². The monoisotopic (exact) mass is 627 g/mol. The van der Waals surface area contributed by atoms with Gasteiger partial charge in [0.1, 0.15) is 5.78 Å². The molecule has 0 bridgehead atoms. The van der Waals surface area contributed by atoms with E-state index in [1.807, 2.05) is 0 Å². The minimum absolute atomic E-state index is 0.190. The van der Waals surface area contributed by atoms with Crippen molar-refractivity contribution < 1.29 is 56.9 Å². The van der Waals surface area contributed by atoms with Gasteiger partial charge in [0.25, 0.3) is 0 Å². The highest BCUT2D eigenvalue weighted by atomic mass is 16.6. The average molecular weight is 628 g/mol. The zero-order valence-electron chi connectivity index (χ0n) is 27.2. The molecule has 0 spiro atoms. The first kappa shape index (κ1) is 42.2. The highest BCUT2D eigenvalue weighted by molar-refractivity contribution is 5.75. The van der Waals surface area contributed by atoms with E-state index >= 15 is 0 Å². The van der Waals surface area contributed by atoms with E-state index in [2.05, 4.69) is 19.2 Å². The summed E-state index contributed by atoms with van der Waals surface area (Å²) in [6, 6.07) is 0.480. The van der Waals surface area contributed by atoms with Crippen molar-refractivity contribution in [1.82, 2.24) is 5.32 Å². The summed E-state index contributed by atoms with van der Waals surface area (Å²) in [6.07, 6.45) is 1.32. The maximum atomic E-state index is 10.8. The molecule has 1 N–H and O–H groups in total. The number of hydrogen-bond acceptors (Lipinski definition) is 13. The molecule has 0 saturated carbocycles. The van der Waals surface area contributed by atoms with E-state index in [1.54, 1.807) is 6.92 Å². The van der Waals surface area contributed by atoms with Gasteiger partial charge in [-0.2, -0.15) is 0 Å². The maximum absolute atomic E-state index is 10.8. The number of ketones is 1. The Morgan fingerprint density at radius 3 is 0.884 bits per heavy atom. The fourth-order valence-corrected chi connectivity index (χ4v) is 3.14. The van der Waals surface area contributed by atoms with Crippen molar-refractivity contribution in [3.63, 3.8) is 0 Å². The first-order valence-electron chi connectivity index (χ1n) is 15.7. The van der Waals surface area contributed by atoms with Crippen molar-refractivity contribution in [2.75, 3.05) is 152 Å². The third kappa shape index (κ3) is 41.2. The van der Waals surface area contributed by atoms with Crippen LogP contribution in [0, 0.1) is 0 Å². The Morgan fingerprint density at radius 1 is 0.419 bits per heavy atom. The Bertz CT molecular complexity index is 545. The van der Waals surface area contributed by atoms with Crippen LogP contribution in [0.2, 0.25) is 0 Å². The number of rotatable bonds is 38. The van der Waals surface area contributed by atoms with Crippen LogP contribution in [-0.4, -0.2) is 164 Å². The summed E-state index contributed by atoms with van der Waals surface area (Å²) in [4.78, 5) is 10.8. The quantitative estimate of drug-likeness (QED) is 0.0995. The van der Waals surface area contributed by atoms with Gasteiger partial charge in [-0.15, -0.1) is 0 Å². The molecule has 0 aromatic heterocycles. The first-order chi connectivity index (χ1) is 21.1. The molecule has 0 heterocycles. The molecular weight excluding hydrogens is 566 g/mol. The van der Waals surface area contributed by atoms with Crippen molar-refractivity contribution >= 4 is 5.78 Å². The zero-order chi connectivity index (χ0) is 31.3. The molecule has 43 heavy (non-hydrogen) atoms. The zero-order valence-corrected chi connectivity index (χ0v) is 27.2. The Kier molecular flexibility index (Phi) is 36.7. The summed E-state index contributed by atoms with van der Waals surface area (Å²) in [5.74, 6) is 0.190. The van der Waals surface area contributed by atoms with Crippen molar-refractivity contribution in [1.29, 1.82) is 0 Å². The van der Waals surface area contributed by atoms with E-state index in [4.69, 9.17) is 52.1 Å². The molecule has 258 valence electrons. The van der Waals surface area contributed by atoms with Crippen molar-refractivity contribution in [3.8, 4) is 0 Å². The molecule has 0 rings (SSSR count). The number of Topliss-reactive ketones (excluding diaryl/α,β-unsaturated/α-hetero) is 1. The van der Waals surface area contributed by atoms with Gasteiger partial charge < -0.3 is 62.2 Å². The second-order valence-corrected chi connectivity index (χ2v) is 9.65. The molecule has 0 aromatic carbocycles. The van der Waals surface area contributed by atoms with Crippen molar-refractivity contribution in [2.45, 2.75) is 39.7 Å². The lowest BCUT2D eigenvalue weighted by Gasteiger charge is -2.09. The van der Waals surface area contributed by atoms with E-state index in [9.17, 15) is 4.79 Å². The van der Waals surface area contributed by atoms with Crippen LogP contribution in [0.4, 0.5) is 0 Å². The third-order valence-electron chi connectivity index (χ3n) is 5.34. The predicted octanol–water partition coefficient (Wildman–Crippen LogP) is 1.54. The lowest BCUT2D eigenvalue weighted by atomic mass is 10.2. The molecule has 13 heteroatoms. The van der Waals surface area contributed by atoms with Crippen LogP contribution in [0.25, 0.3) is 0 Å². The molecule has 0 fully saturated rings. The number of ether oxygens (including phenoxy) is 11. The van der Waals surface area contributed by atoms with Crippen molar-refractivity contribution in [2.24, 2.45) is 0 Å². The minimum Gasteiger partial charge on any atom is -0.379 e. The van der Waals surface area contributed by atoms with E-state index in [1.165, 1.54) is 0 Å². The Morgan fingerprint density at radius 2 is 0.651 bits per heavy atom. The summed E-state index contributed by atoms with van der Waals surface area (Å²) in [5, 5.41) is 3.29. The number of nitrogens with one attached hydrogen (secondary N) is 1. The molecule has 0 saturated heterocycles. The molecule has 0 aliphatic carbocycles. The van der Waals surface area contributed by atoms with Crippen LogP contribution >= 0.6 is 0 Å². The maximum Gasteiger partial charge on any atom is 0.129 e. The fraction of sp³-hybridized carbons (Fsp3) is 0.967. The molecule has 0 aromatic rings. The van der Waals surface area contributed by atoms with Crippen LogP contribution in [0.1, 0.15) is 33.6 Å². The van der Waals surface area contributed by atoms with Crippen LogP contribution in [0.5, 0.6) is 0 Å². The normalized spacial score (nSPS) is 11.6. The first-order valence-corrected chi connectivity index (χ1v) is 15.7. The molecule has 0 unspecified atom stereocenters. The predicted molar refractivity (Wildman–Crippen MR) is 162 cm³/mol.